The van der Waals surface area contributed by atoms with E-state index in [2.05, 4.69) is 9.97 Å². The zero-order chi connectivity index (χ0) is 27.5. The van der Waals surface area contributed by atoms with Gasteiger partial charge >= 0.3 is 0 Å². The van der Waals surface area contributed by atoms with Crippen LogP contribution in [0.4, 0.5) is 0 Å². The van der Waals surface area contributed by atoms with Gasteiger partial charge in [0.05, 0.1) is 90.7 Å². The van der Waals surface area contributed by atoms with E-state index < -0.39 is 0 Å². The molecule has 10 heteroatoms. The highest BCUT2D eigenvalue weighted by Gasteiger charge is 2.05. The first kappa shape index (κ1) is 29.9. The molecule has 0 unspecified atom stereocenters. The molecule has 4 heterocycles. The number of aromatic nitrogens is 2. The van der Waals surface area contributed by atoms with Crippen LogP contribution in [0.25, 0.3) is 11.4 Å². The van der Waals surface area contributed by atoms with Gasteiger partial charge in [-0.2, -0.15) is 0 Å². The molecule has 0 saturated carbocycles. The van der Waals surface area contributed by atoms with Gasteiger partial charge in [-0.1, -0.05) is 0 Å². The third-order valence-electron chi connectivity index (χ3n) is 5.75. The summed E-state index contributed by atoms with van der Waals surface area (Å²) in [5.74, 6) is 1.52. The largest absolute Gasteiger partial charge is 0.491 e. The van der Waals surface area contributed by atoms with E-state index in [0.717, 1.165) is 34.0 Å². The number of benzene rings is 1. The lowest BCUT2D eigenvalue weighted by molar-refractivity contribution is 0.00578. The maximum Gasteiger partial charge on any atom is 0.119 e. The second-order valence-electron chi connectivity index (χ2n) is 8.82. The number of hydrogen-bond donors (Lipinski definition) is 0. The molecule has 0 spiro atoms. The highest BCUT2D eigenvalue weighted by molar-refractivity contribution is 5.55. The predicted octanol–water partition coefficient (Wildman–Crippen LogP) is 3.71. The maximum absolute atomic E-state index is 5.77. The summed E-state index contributed by atoms with van der Waals surface area (Å²) in [6.45, 7) is 6.76. The van der Waals surface area contributed by atoms with Crippen molar-refractivity contribution in [2.75, 3.05) is 79.3 Å². The van der Waals surface area contributed by atoms with Crippen molar-refractivity contribution in [3.05, 3.63) is 72.1 Å². The van der Waals surface area contributed by atoms with E-state index in [-0.39, 0.29) is 0 Å². The van der Waals surface area contributed by atoms with Crippen molar-refractivity contribution in [2.45, 2.75) is 13.2 Å². The zero-order valence-electron chi connectivity index (χ0n) is 22.8. The Balaban J connectivity index is 1.23. The lowest BCUT2D eigenvalue weighted by Crippen LogP contribution is -2.13. The molecule has 0 aliphatic carbocycles. The molecule has 0 saturated heterocycles. The fraction of sp³-hybridized carbons (Fsp3) is 0.467. The van der Waals surface area contributed by atoms with Crippen LogP contribution < -0.4 is 9.47 Å². The van der Waals surface area contributed by atoms with Crippen molar-refractivity contribution in [1.82, 2.24) is 9.97 Å². The molecule has 0 atom stereocenters. The summed E-state index contributed by atoms with van der Waals surface area (Å²) in [5.41, 5.74) is 3.62. The van der Waals surface area contributed by atoms with Crippen molar-refractivity contribution in [2.24, 2.45) is 0 Å². The van der Waals surface area contributed by atoms with Crippen LogP contribution in [0.15, 0.2) is 60.9 Å². The second kappa shape index (κ2) is 18.3. The lowest BCUT2D eigenvalue weighted by Gasteiger charge is -2.10. The molecule has 0 amide bonds. The molecule has 2 aliphatic rings. The van der Waals surface area contributed by atoms with Gasteiger partial charge in [-0.25, -0.2) is 0 Å². The standard InChI is InChI=1S/C30H38N2O8/c1-2-28-4-3-27(1)39-19-17-35-11-9-33-13-15-37-23-25-5-7-31-29(21-25)30-22-26(6-8-32-30)24-38-16-14-34-10-12-36-18-20-40-28/h1-8,21-22H,9-20,23-24H2. The Kier molecular flexibility index (Phi) is 13.6. The molecule has 5 rings (SSSR count). The monoisotopic (exact) mass is 554 g/mol. The maximum atomic E-state index is 5.77. The van der Waals surface area contributed by atoms with Gasteiger partial charge in [0, 0.05) is 12.4 Å². The minimum absolute atomic E-state index is 0.457. The van der Waals surface area contributed by atoms with E-state index >= 15 is 0 Å². The molecule has 0 radical (unpaired) electrons. The zero-order valence-corrected chi connectivity index (χ0v) is 22.8. The summed E-state index contributed by atoms with van der Waals surface area (Å²) in [4.78, 5) is 8.95. The van der Waals surface area contributed by atoms with Crippen LogP contribution >= 0.6 is 0 Å². The SMILES string of the molecule is c1cc2cc(n1)-c1cc(ccn1)COCCOCCOCCOc1ccc(cc1)OCCOCCOCCOC2. The van der Waals surface area contributed by atoms with Crippen LogP contribution in [-0.4, -0.2) is 89.3 Å². The average molecular weight is 555 g/mol. The number of rotatable bonds is 0. The molecule has 2 aromatic heterocycles. The first-order chi connectivity index (χ1) is 19.9. The Hall–Kier alpha value is -3.12. The summed E-state index contributed by atoms with van der Waals surface area (Å²) >= 11 is 0. The highest BCUT2D eigenvalue weighted by atomic mass is 16.6. The smallest absolute Gasteiger partial charge is 0.119 e. The van der Waals surface area contributed by atoms with Crippen molar-refractivity contribution in [3.63, 3.8) is 0 Å². The molecule has 0 fully saturated rings. The van der Waals surface area contributed by atoms with E-state index in [4.69, 9.17) is 37.9 Å². The Morgan fingerprint density at radius 1 is 0.400 bits per heavy atom. The van der Waals surface area contributed by atoms with E-state index in [1.54, 1.807) is 12.4 Å². The van der Waals surface area contributed by atoms with Crippen LogP contribution in [-0.2, 0) is 41.6 Å². The fourth-order valence-electron chi connectivity index (χ4n) is 3.74. The molecule has 3 aromatic rings. The van der Waals surface area contributed by atoms with Crippen LogP contribution in [0.1, 0.15) is 11.1 Å². The number of pyridine rings is 2. The van der Waals surface area contributed by atoms with Crippen molar-refractivity contribution >= 4 is 0 Å². The average Bonchev–Trinajstić information content (AvgIpc) is 2.99. The number of fused-ring (bicyclic) bond motifs is 22. The molecule has 6 bridgehead atoms. The summed E-state index contributed by atoms with van der Waals surface area (Å²) < 4.78 is 45.3. The number of hydrogen-bond acceptors (Lipinski definition) is 10. The molecule has 216 valence electrons. The van der Waals surface area contributed by atoms with Crippen LogP contribution in [0.3, 0.4) is 0 Å². The number of nitrogens with zero attached hydrogens (tertiary/aromatic N) is 2. The minimum Gasteiger partial charge on any atom is -0.491 e. The van der Waals surface area contributed by atoms with E-state index in [0.29, 0.717) is 92.5 Å². The van der Waals surface area contributed by atoms with E-state index in [9.17, 15) is 0 Å². The van der Waals surface area contributed by atoms with Crippen molar-refractivity contribution < 1.29 is 37.9 Å². The third kappa shape index (κ3) is 11.5. The van der Waals surface area contributed by atoms with Crippen LogP contribution in [0.5, 0.6) is 11.5 Å². The van der Waals surface area contributed by atoms with E-state index in [1.165, 1.54) is 0 Å². The summed E-state index contributed by atoms with van der Waals surface area (Å²) in [5, 5.41) is 0. The lowest BCUT2D eigenvalue weighted by atomic mass is 10.1. The van der Waals surface area contributed by atoms with Gasteiger partial charge in [-0.15, -0.1) is 0 Å². The molecule has 1 aromatic carbocycles. The van der Waals surface area contributed by atoms with Gasteiger partial charge in [-0.05, 0) is 59.7 Å². The Labute approximate surface area is 235 Å². The second-order valence-corrected chi connectivity index (χ2v) is 8.82. The molecule has 40 heavy (non-hydrogen) atoms. The summed E-state index contributed by atoms with van der Waals surface area (Å²) in [6, 6.07) is 15.3. The molecule has 10 nitrogen and oxygen atoms in total. The van der Waals surface area contributed by atoms with Gasteiger partial charge in [0.1, 0.15) is 24.7 Å². The Bertz CT molecular complexity index is 1010. The van der Waals surface area contributed by atoms with Crippen LogP contribution in [0, 0.1) is 0 Å². The molecular formula is C30H38N2O8. The van der Waals surface area contributed by atoms with Gasteiger partial charge in [0.15, 0.2) is 0 Å². The van der Waals surface area contributed by atoms with Crippen molar-refractivity contribution in [1.29, 1.82) is 0 Å². The first-order valence-electron chi connectivity index (χ1n) is 13.6. The fourth-order valence-corrected chi connectivity index (χ4v) is 3.74. The highest BCUT2D eigenvalue weighted by Crippen LogP contribution is 2.18. The van der Waals surface area contributed by atoms with Crippen LogP contribution in [0.2, 0.25) is 0 Å². The molecule has 0 N–H and O–H groups in total. The predicted molar refractivity (Wildman–Crippen MR) is 147 cm³/mol. The third-order valence-corrected chi connectivity index (χ3v) is 5.75. The first-order valence-corrected chi connectivity index (χ1v) is 13.6. The van der Waals surface area contributed by atoms with E-state index in [1.807, 2.05) is 48.5 Å². The van der Waals surface area contributed by atoms with Crippen molar-refractivity contribution in [3.8, 4) is 22.9 Å². The Morgan fingerprint density at radius 2 is 0.750 bits per heavy atom. The summed E-state index contributed by atoms with van der Waals surface area (Å²) in [6.07, 6.45) is 3.54. The van der Waals surface area contributed by atoms with Gasteiger partial charge < -0.3 is 37.9 Å². The normalized spacial score (nSPS) is 17.9. The minimum atomic E-state index is 0.457. The van der Waals surface area contributed by atoms with Gasteiger partial charge in [-0.3, -0.25) is 9.97 Å². The quantitative estimate of drug-likeness (QED) is 0.382. The Morgan fingerprint density at radius 3 is 1.15 bits per heavy atom. The van der Waals surface area contributed by atoms with Gasteiger partial charge in [0.2, 0.25) is 0 Å². The van der Waals surface area contributed by atoms with Gasteiger partial charge in [0.25, 0.3) is 0 Å². The number of ether oxygens (including phenoxy) is 8. The molecule has 2 aliphatic heterocycles. The molecular weight excluding hydrogens is 516 g/mol. The topological polar surface area (TPSA) is 99.6 Å². The summed E-state index contributed by atoms with van der Waals surface area (Å²) in [7, 11) is 0.